The number of hydrogen-bond acceptors (Lipinski definition) is 3. The first-order valence-corrected chi connectivity index (χ1v) is 6.13. The van der Waals surface area contributed by atoms with Crippen molar-refractivity contribution in [2.24, 2.45) is 5.73 Å². The van der Waals surface area contributed by atoms with E-state index in [1.54, 1.807) is 19.6 Å². The van der Waals surface area contributed by atoms with Crippen LogP contribution in [0, 0.1) is 0 Å². The molecule has 0 spiro atoms. The van der Waals surface area contributed by atoms with E-state index in [4.69, 9.17) is 10.5 Å². The van der Waals surface area contributed by atoms with Gasteiger partial charge in [-0.05, 0) is 12.5 Å². The average Bonchev–Trinajstić information content (AvgIpc) is 2.93. The first-order valence-electron chi connectivity index (χ1n) is 6.13. The number of nitrogens with zero attached hydrogens (tertiary/aromatic N) is 2. The fourth-order valence-electron chi connectivity index (χ4n) is 2.18. The van der Waals surface area contributed by atoms with Gasteiger partial charge in [0.15, 0.2) is 0 Å². The van der Waals surface area contributed by atoms with Crippen molar-refractivity contribution in [3.8, 4) is 5.75 Å². The molecule has 4 heteroatoms. The van der Waals surface area contributed by atoms with Gasteiger partial charge in [-0.25, -0.2) is 4.98 Å². The Balaban J connectivity index is 2.46. The largest absolute Gasteiger partial charge is 0.496 e. The zero-order chi connectivity index (χ0) is 13.0. The Labute approximate surface area is 107 Å². The van der Waals surface area contributed by atoms with Crippen molar-refractivity contribution < 1.29 is 4.74 Å². The monoisotopic (exact) mass is 245 g/mol. The summed E-state index contributed by atoms with van der Waals surface area (Å²) >= 11 is 0. The molecule has 4 nitrogen and oxygen atoms in total. The number of ether oxygens (including phenoxy) is 1. The van der Waals surface area contributed by atoms with E-state index in [9.17, 15) is 0 Å². The molecule has 2 atom stereocenters. The van der Waals surface area contributed by atoms with Gasteiger partial charge in [-0.3, -0.25) is 0 Å². The fraction of sp³-hybridized carbons (Fsp3) is 0.357. The molecule has 1 aromatic heterocycles. The van der Waals surface area contributed by atoms with Crippen LogP contribution in [0.25, 0.3) is 0 Å². The molecule has 0 fully saturated rings. The number of para-hydroxylation sites is 1. The maximum absolute atomic E-state index is 6.26. The normalized spacial score (nSPS) is 14.2. The number of rotatable bonds is 5. The lowest BCUT2D eigenvalue weighted by Gasteiger charge is -2.26. The minimum Gasteiger partial charge on any atom is -0.496 e. The average molecular weight is 245 g/mol. The van der Waals surface area contributed by atoms with Crippen LogP contribution in [-0.4, -0.2) is 22.7 Å². The first kappa shape index (κ1) is 12.6. The highest BCUT2D eigenvalue weighted by atomic mass is 16.5. The summed E-state index contributed by atoms with van der Waals surface area (Å²) in [7, 11) is 1.68. The standard InChI is InChI=1S/C14H19N3O/c1-3-12(15)14(17-9-8-16-10-17)11-6-4-5-7-13(11)18-2/h4-10,12,14H,3,15H2,1-2H3. The van der Waals surface area contributed by atoms with Crippen LogP contribution in [0.3, 0.4) is 0 Å². The zero-order valence-electron chi connectivity index (χ0n) is 10.8. The van der Waals surface area contributed by atoms with Crippen molar-refractivity contribution in [2.75, 3.05) is 7.11 Å². The van der Waals surface area contributed by atoms with Crippen LogP contribution in [0.15, 0.2) is 43.0 Å². The van der Waals surface area contributed by atoms with Crippen LogP contribution >= 0.6 is 0 Å². The second kappa shape index (κ2) is 5.69. The number of imidazole rings is 1. The Kier molecular flexibility index (Phi) is 3.99. The number of benzene rings is 1. The van der Waals surface area contributed by atoms with Crippen LogP contribution in [0.1, 0.15) is 24.9 Å². The molecular formula is C14H19N3O. The summed E-state index contributed by atoms with van der Waals surface area (Å²) in [5, 5.41) is 0. The van der Waals surface area contributed by atoms with E-state index in [1.165, 1.54) is 0 Å². The van der Waals surface area contributed by atoms with E-state index in [0.717, 1.165) is 17.7 Å². The predicted octanol–water partition coefficient (Wildman–Crippen LogP) is 2.22. The third kappa shape index (κ3) is 2.38. The van der Waals surface area contributed by atoms with Crippen molar-refractivity contribution in [2.45, 2.75) is 25.4 Å². The molecule has 0 saturated carbocycles. The zero-order valence-corrected chi connectivity index (χ0v) is 10.8. The third-order valence-electron chi connectivity index (χ3n) is 3.18. The van der Waals surface area contributed by atoms with Gasteiger partial charge in [0.25, 0.3) is 0 Å². The summed E-state index contributed by atoms with van der Waals surface area (Å²) in [6, 6.07) is 8.06. The predicted molar refractivity (Wildman–Crippen MR) is 71.6 cm³/mol. The van der Waals surface area contributed by atoms with E-state index in [1.807, 2.05) is 29.0 Å². The van der Waals surface area contributed by atoms with Crippen LogP contribution < -0.4 is 10.5 Å². The Bertz CT molecular complexity index is 482. The van der Waals surface area contributed by atoms with Crippen molar-refractivity contribution >= 4 is 0 Å². The Morgan fingerprint density at radius 1 is 1.39 bits per heavy atom. The fourth-order valence-corrected chi connectivity index (χ4v) is 2.18. The lowest BCUT2D eigenvalue weighted by molar-refractivity contribution is 0.387. The van der Waals surface area contributed by atoms with E-state index >= 15 is 0 Å². The molecule has 0 radical (unpaired) electrons. The molecule has 0 aliphatic carbocycles. The van der Waals surface area contributed by atoms with E-state index in [0.29, 0.717) is 0 Å². The van der Waals surface area contributed by atoms with Crippen LogP contribution in [0.4, 0.5) is 0 Å². The van der Waals surface area contributed by atoms with Gasteiger partial charge in [0.05, 0.1) is 19.5 Å². The van der Waals surface area contributed by atoms with Gasteiger partial charge in [0.1, 0.15) is 5.75 Å². The lowest BCUT2D eigenvalue weighted by atomic mass is 9.97. The summed E-state index contributed by atoms with van der Waals surface area (Å²) < 4.78 is 7.46. The van der Waals surface area contributed by atoms with Crippen molar-refractivity contribution in [1.29, 1.82) is 0 Å². The van der Waals surface area contributed by atoms with Crippen molar-refractivity contribution in [3.63, 3.8) is 0 Å². The molecular weight excluding hydrogens is 226 g/mol. The molecule has 1 heterocycles. The van der Waals surface area contributed by atoms with Crippen molar-refractivity contribution in [1.82, 2.24) is 9.55 Å². The molecule has 96 valence electrons. The molecule has 0 aliphatic rings. The van der Waals surface area contributed by atoms with Gasteiger partial charge in [-0.2, -0.15) is 0 Å². The Morgan fingerprint density at radius 3 is 2.78 bits per heavy atom. The number of methoxy groups -OCH3 is 1. The van der Waals surface area contributed by atoms with Crippen LogP contribution in [0.2, 0.25) is 0 Å². The van der Waals surface area contributed by atoms with E-state index < -0.39 is 0 Å². The topological polar surface area (TPSA) is 53.1 Å². The van der Waals surface area contributed by atoms with Gasteiger partial charge >= 0.3 is 0 Å². The van der Waals surface area contributed by atoms with E-state index in [2.05, 4.69) is 18.0 Å². The number of aromatic nitrogens is 2. The summed E-state index contributed by atoms with van der Waals surface area (Å²) in [6.07, 6.45) is 6.39. The van der Waals surface area contributed by atoms with Gasteiger partial charge in [0.2, 0.25) is 0 Å². The maximum Gasteiger partial charge on any atom is 0.124 e. The molecule has 2 N–H and O–H groups in total. The Hall–Kier alpha value is -1.81. The maximum atomic E-state index is 6.26. The second-order valence-corrected chi connectivity index (χ2v) is 4.27. The molecule has 2 aromatic rings. The van der Waals surface area contributed by atoms with Crippen LogP contribution in [-0.2, 0) is 0 Å². The second-order valence-electron chi connectivity index (χ2n) is 4.27. The highest BCUT2D eigenvalue weighted by molar-refractivity contribution is 5.37. The summed E-state index contributed by atoms with van der Waals surface area (Å²) in [5.41, 5.74) is 7.35. The quantitative estimate of drug-likeness (QED) is 0.878. The summed E-state index contributed by atoms with van der Waals surface area (Å²) in [6.45, 7) is 2.09. The van der Waals surface area contributed by atoms with Gasteiger partial charge in [0, 0.05) is 24.0 Å². The van der Waals surface area contributed by atoms with Gasteiger partial charge in [-0.15, -0.1) is 0 Å². The molecule has 0 saturated heterocycles. The van der Waals surface area contributed by atoms with E-state index in [-0.39, 0.29) is 12.1 Å². The van der Waals surface area contributed by atoms with Gasteiger partial charge < -0.3 is 15.0 Å². The Morgan fingerprint density at radius 2 is 2.17 bits per heavy atom. The minimum absolute atomic E-state index is 0.0236. The third-order valence-corrected chi connectivity index (χ3v) is 3.18. The highest BCUT2D eigenvalue weighted by Gasteiger charge is 2.22. The molecule has 0 amide bonds. The molecule has 1 aromatic carbocycles. The SMILES string of the molecule is CCC(N)C(c1ccccc1OC)n1ccnc1. The molecule has 2 unspecified atom stereocenters. The highest BCUT2D eigenvalue weighted by Crippen LogP contribution is 2.30. The smallest absolute Gasteiger partial charge is 0.124 e. The van der Waals surface area contributed by atoms with Crippen molar-refractivity contribution in [3.05, 3.63) is 48.5 Å². The molecule has 18 heavy (non-hydrogen) atoms. The molecule has 0 aliphatic heterocycles. The first-order chi connectivity index (χ1) is 8.77. The molecule has 2 rings (SSSR count). The van der Waals surface area contributed by atoms with Gasteiger partial charge in [-0.1, -0.05) is 25.1 Å². The summed E-state index contributed by atoms with van der Waals surface area (Å²) in [5.74, 6) is 0.861. The van der Waals surface area contributed by atoms with Crippen LogP contribution in [0.5, 0.6) is 5.75 Å². The number of hydrogen-bond donors (Lipinski definition) is 1. The molecule has 0 bridgehead atoms. The summed E-state index contributed by atoms with van der Waals surface area (Å²) in [4.78, 5) is 4.11. The lowest BCUT2D eigenvalue weighted by Crippen LogP contribution is -2.32. The number of nitrogens with two attached hydrogens (primary N) is 1. The minimum atomic E-state index is 0.0236.